The van der Waals surface area contributed by atoms with Crippen LogP contribution in [0.5, 0.6) is 0 Å². The number of carbonyl (C=O) groups excluding carboxylic acids is 2. The van der Waals surface area contributed by atoms with Gasteiger partial charge in [0, 0.05) is 6.54 Å². The lowest BCUT2D eigenvalue weighted by atomic mass is 10.0. The van der Waals surface area contributed by atoms with Gasteiger partial charge in [-0.15, -0.1) is 0 Å². The molecule has 1 saturated heterocycles. The van der Waals surface area contributed by atoms with Crippen molar-refractivity contribution in [2.75, 3.05) is 19.7 Å². The highest BCUT2D eigenvalue weighted by atomic mass is 16.5. The zero-order valence-corrected chi connectivity index (χ0v) is 10.3. The molecule has 1 unspecified atom stereocenters. The van der Waals surface area contributed by atoms with Crippen LogP contribution in [0.2, 0.25) is 0 Å². The molecule has 0 radical (unpaired) electrons. The van der Waals surface area contributed by atoms with Gasteiger partial charge in [-0.3, -0.25) is 4.79 Å². The van der Waals surface area contributed by atoms with Crippen LogP contribution in [0.3, 0.4) is 0 Å². The third-order valence-corrected chi connectivity index (χ3v) is 2.74. The topological polar surface area (TPSA) is 95.9 Å². The number of ether oxygens (including phenoxy) is 1. The monoisotopic (exact) mass is 258 g/mol. The number of piperidine rings is 1. The summed E-state index contributed by atoms with van der Waals surface area (Å²) in [7, 11) is 0. The Kier molecular flexibility index (Phi) is 5.41. The Labute approximate surface area is 105 Å². The average Bonchev–Trinajstić information content (AvgIpc) is 2.36. The largest absolute Gasteiger partial charge is 0.480 e. The van der Waals surface area contributed by atoms with E-state index in [1.807, 2.05) is 0 Å². The summed E-state index contributed by atoms with van der Waals surface area (Å²) >= 11 is 0. The molecule has 1 heterocycles. The molecule has 1 atom stereocenters. The van der Waals surface area contributed by atoms with E-state index < -0.39 is 24.0 Å². The van der Waals surface area contributed by atoms with E-state index in [0.717, 1.165) is 12.8 Å². The fourth-order valence-corrected chi connectivity index (χ4v) is 1.89. The molecule has 18 heavy (non-hydrogen) atoms. The summed E-state index contributed by atoms with van der Waals surface area (Å²) in [5.41, 5.74) is 0. The zero-order valence-electron chi connectivity index (χ0n) is 10.3. The molecule has 7 nitrogen and oxygen atoms in total. The van der Waals surface area contributed by atoms with E-state index in [9.17, 15) is 14.4 Å². The molecule has 0 aromatic carbocycles. The van der Waals surface area contributed by atoms with Crippen LogP contribution in [-0.4, -0.2) is 53.7 Å². The number of rotatable bonds is 4. The lowest BCUT2D eigenvalue weighted by Crippen LogP contribution is -2.52. The van der Waals surface area contributed by atoms with Crippen molar-refractivity contribution in [1.82, 2.24) is 10.2 Å². The number of carbonyl (C=O) groups is 3. The molecule has 0 aromatic heterocycles. The molecule has 7 heteroatoms. The van der Waals surface area contributed by atoms with Crippen molar-refractivity contribution in [3.63, 3.8) is 0 Å². The standard InChI is InChI=1S/C11H18N2O5/c1-2-18-9(14)7-12-11(17)13-6-4-3-5-8(13)10(15)16/h8H,2-7H2,1H3,(H,12,17)(H,15,16). The van der Waals surface area contributed by atoms with Crippen LogP contribution < -0.4 is 5.32 Å². The molecule has 1 aliphatic rings. The van der Waals surface area contributed by atoms with Crippen molar-refractivity contribution in [3.05, 3.63) is 0 Å². The molecule has 0 bridgehead atoms. The van der Waals surface area contributed by atoms with Crippen molar-refractivity contribution in [3.8, 4) is 0 Å². The smallest absolute Gasteiger partial charge is 0.326 e. The van der Waals surface area contributed by atoms with Crippen LogP contribution in [0.4, 0.5) is 4.79 Å². The molecule has 1 rings (SSSR count). The van der Waals surface area contributed by atoms with Crippen LogP contribution in [0.1, 0.15) is 26.2 Å². The molecule has 2 N–H and O–H groups in total. The third kappa shape index (κ3) is 3.90. The van der Waals surface area contributed by atoms with Gasteiger partial charge < -0.3 is 20.1 Å². The summed E-state index contributed by atoms with van der Waals surface area (Å²) in [5, 5.41) is 11.4. The predicted octanol–water partition coefficient (Wildman–Crippen LogP) is 0.198. The number of urea groups is 1. The first-order valence-corrected chi connectivity index (χ1v) is 5.99. The van der Waals surface area contributed by atoms with E-state index in [1.54, 1.807) is 6.92 Å². The van der Waals surface area contributed by atoms with Gasteiger partial charge in [-0.05, 0) is 26.2 Å². The molecule has 0 aromatic rings. The number of carboxylic acids is 1. The summed E-state index contributed by atoms with van der Waals surface area (Å²) in [5.74, 6) is -1.55. The predicted molar refractivity (Wildman–Crippen MR) is 62.0 cm³/mol. The van der Waals surface area contributed by atoms with E-state index in [4.69, 9.17) is 5.11 Å². The Bertz CT molecular complexity index is 331. The Morgan fingerprint density at radius 1 is 1.39 bits per heavy atom. The molecule has 0 aliphatic carbocycles. The minimum Gasteiger partial charge on any atom is -0.480 e. The highest BCUT2D eigenvalue weighted by Gasteiger charge is 2.31. The maximum atomic E-state index is 11.8. The highest BCUT2D eigenvalue weighted by molar-refractivity contribution is 5.85. The van der Waals surface area contributed by atoms with Crippen LogP contribution >= 0.6 is 0 Å². The van der Waals surface area contributed by atoms with Gasteiger partial charge >= 0.3 is 18.0 Å². The number of amides is 2. The second kappa shape index (κ2) is 6.83. The summed E-state index contributed by atoms with van der Waals surface area (Å²) < 4.78 is 4.67. The van der Waals surface area contributed by atoms with Crippen LogP contribution in [0.15, 0.2) is 0 Å². The molecular formula is C11H18N2O5. The van der Waals surface area contributed by atoms with E-state index in [-0.39, 0.29) is 13.2 Å². The van der Waals surface area contributed by atoms with Gasteiger partial charge in [-0.25, -0.2) is 9.59 Å². The van der Waals surface area contributed by atoms with E-state index in [0.29, 0.717) is 13.0 Å². The maximum Gasteiger partial charge on any atom is 0.326 e. The Balaban J connectivity index is 2.48. The van der Waals surface area contributed by atoms with Crippen LogP contribution in [-0.2, 0) is 14.3 Å². The minimum atomic E-state index is -1.01. The summed E-state index contributed by atoms with van der Waals surface area (Å²) in [4.78, 5) is 35.1. The summed E-state index contributed by atoms with van der Waals surface area (Å²) in [6.07, 6.45) is 2.01. The number of nitrogens with one attached hydrogen (secondary N) is 1. The number of aliphatic carboxylic acids is 1. The summed E-state index contributed by atoms with van der Waals surface area (Å²) in [6, 6.07) is -1.34. The fourth-order valence-electron chi connectivity index (χ4n) is 1.89. The van der Waals surface area contributed by atoms with Crippen molar-refractivity contribution < 1.29 is 24.2 Å². The normalized spacial score (nSPS) is 19.2. The molecule has 1 fully saturated rings. The van der Waals surface area contributed by atoms with Gasteiger partial charge in [0.25, 0.3) is 0 Å². The van der Waals surface area contributed by atoms with Crippen molar-refractivity contribution in [2.24, 2.45) is 0 Å². The number of esters is 1. The highest BCUT2D eigenvalue weighted by Crippen LogP contribution is 2.17. The summed E-state index contributed by atoms with van der Waals surface area (Å²) in [6.45, 7) is 2.07. The van der Waals surface area contributed by atoms with E-state index in [1.165, 1.54) is 4.90 Å². The molecule has 102 valence electrons. The van der Waals surface area contributed by atoms with Gasteiger partial charge in [0.1, 0.15) is 12.6 Å². The number of carboxylic acid groups (broad SMARTS) is 1. The lowest BCUT2D eigenvalue weighted by molar-refractivity contribution is -0.143. The molecule has 1 aliphatic heterocycles. The van der Waals surface area contributed by atoms with Gasteiger partial charge in [0.2, 0.25) is 0 Å². The first-order valence-electron chi connectivity index (χ1n) is 5.99. The minimum absolute atomic E-state index is 0.241. The first-order chi connectivity index (χ1) is 8.56. The van der Waals surface area contributed by atoms with Crippen molar-refractivity contribution in [2.45, 2.75) is 32.2 Å². The maximum absolute atomic E-state index is 11.8. The number of nitrogens with zero attached hydrogens (tertiary/aromatic N) is 1. The SMILES string of the molecule is CCOC(=O)CNC(=O)N1CCCCC1C(=O)O. The van der Waals surface area contributed by atoms with Crippen molar-refractivity contribution in [1.29, 1.82) is 0 Å². The van der Waals surface area contributed by atoms with E-state index >= 15 is 0 Å². The first kappa shape index (κ1) is 14.3. The van der Waals surface area contributed by atoms with Gasteiger partial charge in [0.15, 0.2) is 0 Å². The van der Waals surface area contributed by atoms with E-state index in [2.05, 4.69) is 10.1 Å². The Morgan fingerprint density at radius 2 is 2.11 bits per heavy atom. The molecule has 0 spiro atoms. The number of likely N-dealkylation sites (tertiary alicyclic amines) is 1. The van der Waals surface area contributed by atoms with Crippen LogP contribution in [0.25, 0.3) is 0 Å². The number of hydrogen-bond acceptors (Lipinski definition) is 4. The van der Waals surface area contributed by atoms with Crippen LogP contribution in [0, 0.1) is 0 Å². The van der Waals surface area contributed by atoms with Crippen molar-refractivity contribution >= 4 is 18.0 Å². The van der Waals surface area contributed by atoms with Gasteiger partial charge in [0.05, 0.1) is 6.61 Å². The lowest BCUT2D eigenvalue weighted by Gasteiger charge is -2.32. The van der Waals surface area contributed by atoms with Gasteiger partial charge in [-0.2, -0.15) is 0 Å². The van der Waals surface area contributed by atoms with Gasteiger partial charge in [-0.1, -0.05) is 0 Å². The quantitative estimate of drug-likeness (QED) is 0.702. The fraction of sp³-hybridized carbons (Fsp3) is 0.727. The second-order valence-corrected chi connectivity index (χ2v) is 4.01. The average molecular weight is 258 g/mol. The third-order valence-electron chi connectivity index (χ3n) is 2.74. The molecule has 2 amide bonds. The molecular weight excluding hydrogens is 240 g/mol. The zero-order chi connectivity index (χ0) is 13.5. The molecule has 0 saturated carbocycles. The number of hydrogen-bond donors (Lipinski definition) is 2. The second-order valence-electron chi connectivity index (χ2n) is 4.01. The Morgan fingerprint density at radius 3 is 2.72 bits per heavy atom. The Hall–Kier alpha value is -1.79.